The lowest BCUT2D eigenvalue weighted by Crippen LogP contribution is -2.50. The van der Waals surface area contributed by atoms with Crippen molar-refractivity contribution in [2.45, 2.75) is 53.6 Å². The van der Waals surface area contributed by atoms with Gasteiger partial charge in [-0.2, -0.15) is 0 Å². The van der Waals surface area contributed by atoms with Gasteiger partial charge in [-0.15, -0.1) is 0 Å². The molecule has 0 aliphatic carbocycles. The van der Waals surface area contributed by atoms with Gasteiger partial charge in [0.05, 0.1) is 0 Å². The molecule has 7 heteroatoms. The van der Waals surface area contributed by atoms with Crippen molar-refractivity contribution in [2.24, 2.45) is 5.92 Å². The number of ether oxygens (including phenoxy) is 1. The number of rotatable bonds is 10. The molecule has 0 aliphatic heterocycles. The second-order valence-electron chi connectivity index (χ2n) is 8.43. The molecule has 174 valence electrons. The third-order valence-electron chi connectivity index (χ3n) is 4.98. The van der Waals surface area contributed by atoms with Gasteiger partial charge in [0.15, 0.2) is 6.61 Å². The lowest BCUT2D eigenvalue weighted by atomic mass is 10.1. The van der Waals surface area contributed by atoms with Crippen molar-refractivity contribution in [1.29, 1.82) is 0 Å². The fourth-order valence-electron chi connectivity index (χ4n) is 3.42. The molecule has 5 nitrogen and oxygen atoms in total. The number of carbonyl (C=O) groups is 2. The summed E-state index contributed by atoms with van der Waals surface area (Å²) in [6.07, 6.45) is 0.463. The van der Waals surface area contributed by atoms with E-state index in [0.717, 1.165) is 11.1 Å². The maximum Gasteiger partial charge on any atom is 0.261 e. The van der Waals surface area contributed by atoms with E-state index in [1.165, 1.54) is 4.90 Å². The first-order valence-electron chi connectivity index (χ1n) is 10.8. The number of benzene rings is 2. The fraction of sp³-hybridized carbons (Fsp3) is 0.440. The fourth-order valence-corrected chi connectivity index (χ4v) is 3.89. The Bertz CT molecular complexity index is 927. The number of aryl methyl sites for hydroxylation is 2. The largest absolute Gasteiger partial charge is 0.484 e. The summed E-state index contributed by atoms with van der Waals surface area (Å²) in [5.74, 6) is 0.449. The first-order valence-corrected chi connectivity index (χ1v) is 11.6. The van der Waals surface area contributed by atoms with E-state index >= 15 is 0 Å². The monoisotopic (exact) mass is 478 g/mol. The summed E-state index contributed by atoms with van der Waals surface area (Å²) in [4.78, 5) is 27.7. The van der Waals surface area contributed by atoms with Gasteiger partial charge in [-0.05, 0) is 67.1 Å². The molecule has 0 bridgehead atoms. The molecule has 2 amide bonds. The van der Waals surface area contributed by atoms with E-state index in [1.807, 2.05) is 52.8 Å². The Labute approximate surface area is 201 Å². The normalized spacial score (nSPS) is 11.9. The van der Waals surface area contributed by atoms with Gasteiger partial charge in [-0.3, -0.25) is 9.59 Å². The smallest absolute Gasteiger partial charge is 0.261 e. The minimum atomic E-state index is -0.643. The summed E-state index contributed by atoms with van der Waals surface area (Å²) in [6, 6.07) is 10.3. The molecule has 0 aliphatic rings. The highest BCUT2D eigenvalue weighted by atomic mass is 35.5. The van der Waals surface area contributed by atoms with Crippen LogP contribution in [0.5, 0.6) is 5.75 Å². The van der Waals surface area contributed by atoms with Crippen LogP contribution in [-0.4, -0.2) is 35.9 Å². The van der Waals surface area contributed by atoms with Crippen LogP contribution in [0.15, 0.2) is 36.4 Å². The second kappa shape index (κ2) is 12.1. The van der Waals surface area contributed by atoms with E-state index in [-0.39, 0.29) is 25.0 Å². The summed E-state index contributed by atoms with van der Waals surface area (Å²) in [5, 5.41) is 3.90. The number of carbonyl (C=O) groups excluding carboxylic acids is 2. The summed E-state index contributed by atoms with van der Waals surface area (Å²) < 4.78 is 5.79. The Morgan fingerprint density at radius 1 is 1.06 bits per heavy atom. The van der Waals surface area contributed by atoms with Crippen molar-refractivity contribution < 1.29 is 14.3 Å². The number of amides is 2. The molecular formula is C25H32Cl2N2O3. The van der Waals surface area contributed by atoms with Gasteiger partial charge in [-0.25, -0.2) is 0 Å². The van der Waals surface area contributed by atoms with Crippen molar-refractivity contribution in [3.05, 3.63) is 63.1 Å². The van der Waals surface area contributed by atoms with Crippen molar-refractivity contribution in [3.63, 3.8) is 0 Å². The Kier molecular flexibility index (Phi) is 9.85. The van der Waals surface area contributed by atoms with Crippen LogP contribution in [-0.2, 0) is 16.1 Å². The highest BCUT2D eigenvalue weighted by molar-refractivity contribution is 6.35. The number of nitrogens with zero attached hydrogens (tertiary/aromatic N) is 1. The van der Waals surface area contributed by atoms with Gasteiger partial charge in [0.1, 0.15) is 11.8 Å². The van der Waals surface area contributed by atoms with Crippen LogP contribution < -0.4 is 10.1 Å². The van der Waals surface area contributed by atoms with Gasteiger partial charge in [0.25, 0.3) is 5.91 Å². The zero-order chi connectivity index (χ0) is 23.8. The van der Waals surface area contributed by atoms with Crippen LogP contribution in [0.3, 0.4) is 0 Å². The lowest BCUT2D eigenvalue weighted by molar-refractivity contribution is -0.143. The number of nitrogens with one attached hydrogen (secondary N) is 1. The standard InChI is InChI=1S/C25H32Cl2N2O3/c1-6-23(25(31)28-13-16(2)3)29(14-19-7-8-20(26)12-22(19)27)24(30)15-32-21-10-17(4)9-18(5)11-21/h7-12,16,23H,6,13-15H2,1-5H3,(H,28,31). The predicted molar refractivity (Wildman–Crippen MR) is 130 cm³/mol. The number of hydrogen-bond donors (Lipinski definition) is 1. The molecule has 2 aromatic rings. The second-order valence-corrected chi connectivity index (χ2v) is 9.28. The summed E-state index contributed by atoms with van der Waals surface area (Å²) in [7, 11) is 0. The van der Waals surface area contributed by atoms with Crippen LogP contribution >= 0.6 is 23.2 Å². The molecule has 32 heavy (non-hydrogen) atoms. The Morgan fingerprint density at radius 2 is 1.72 bits per heavy atom. The minimum Gasteiger partial charge on any atom is -0.484 e. The molecule has 2 rings (SSSR count). The average Bonchev–Trinajstić information content (AvgIpc) is 2.71. The molecule has 2 aromatic carbocycles. The molecule has 0 heterocycles. The van der Waals surface area contributed by atoms with Gasteiger partial charge < -0.3 is 15.0 Å². The molecule has 1 N–H and O–H groups in total. The van der Waals surface area contributed by atoms with Crippen LogP contribution in [0.25, 0.3) is 0 Å². The van der Waals surface area contributed by atoms with Gasteiger partial charge >= 0.3 is 0 Å². The van der Waals surface area contributed by atoms with Crippen LogP contribution in [0, 0.1) is 19.8 Å². The number of halogens is 2. The molecule has 0 fully saturated rings. The quantitative estimate of drug-likeness (QED) is 0.485. The highest BCUT2D eigenvalue weighted by Gasteiger charge is 2.29. The van der Waals surface area contributed by atoms with E-state index in [1.54, 1.807) is 18.2 Å². The molecule has 0 aromatic heterocycles. The predicted octanol–water partition coefficient (Wildman–Crippen LogP) is 5.57. The number of hydrogen-bond acceptors (Lipinski definition) is 3. The zero-order valence-corrected chi connectivity index (χ0v) is 20.9. The van der Waals surface area contributed by atoms with E-state index in [4.69, 9.17) is 27.9 Å². The van der Waals surface area contributed by atoms with E-state index in [2.05, 4.69) is 5.32 Å². The van der Waals surface area contributed by atoms with Crippen LogP contribution in [0.4, 0.5) is 0 Å². The van der Waals surface area contributed by atoms with Crippen LogP contribution in [0.2, 0.25) is 10.0 Å². The van der Waals surface area contributed by atoms with E-state index < -0.39 is 6.04 Å². The summed E-state index contributed by atoms with van der Waals surface area (Å²) >= 11 is 12.4. The third kappa shape index (κ3) is 7.72. The highest BCUT2D eigenvalue weighted by Crippen LogP contribution is 2.24. The Hall–Kier alpha value is -2.24. The zero-order valence-electron chi connectivity index (χ0n) is 19.4. The van der Waals surface area contributed by atoms with Crippen molar-refractivity contribution in [1.82, 2.24) is 10.2 Å². The van der Waals surface area contributed by atoms with E-state index in [0.29, 0.717) is 40.2 Å². The maximum atomic E-state index is 13.3. The molecule has 0 spiro atoms. The van der Waals surface area contributed by atoms with Gasteiger partial charge in [0.2, 0.25) is 5.91 Å². The first-order chi connectivity index (χ1) is 15.1. The Morgan fingerprint density at radius 3 is 2.28 bits per heavy atom. The molecule has 1 atom stereocenters. The summed E-state index contributed by atoms with van der Waals surface area (Å²) in [5.41, 5.74) is 2.82. The Balaban J connectivity index is 2.26. The maximum absolute atomic E-state index is 13.3. The summed E-state index contributed by atoms with van der Waals surface area (Å²) in [6.45, 7) is 10.4. The minimum absolute atomic E-state index is 0.179. The molecule has 0 radical (unpaired) electrons. The lowest BCUT2D eigenvalue weighted by Gasteiger charge is -2.31. The van der Waals surface area contributed by atoms with Gasteiger partial charge in [-0.1, -0.05) is 56.1 Å². The first kappa shape index (κ1) is 26.0. The molecule has 1 unspecified atom stereocenters. The van der Waals surface area contributed by atoms with Crippen molar-refractivity contribution >= 4 is 35.0 Å². The molecule has 0 saturated heterocycles. The van der Waals surface area contributed by atoms with E-state index in [9.17, 15) is 9.59 Å². The molecule has 0 saturated carbocycles. The van der Waals surface area contributed by atoms with Crippen molar-refractivity contribution in [3.8, 4) is 5.75 Å². The average molecular weight is 479 g/mol. The van der Waals surface area contributed by atoms with Crippen molar-refractivity contribution in [2.75, 3.05) is 13.2 Å². The van der Waals surface area contributed by atoms with Gasteiger partial charge in [0, 0.05) is 23.1 Å². The SMILES string of the molecule is CCC(C(=O)NCC(C)C)N(Cc1ccc(Cl)cc1Cl)C(=O)COc1cc(C)cc(C)c1. The van der Waals surface area contributed by atoms with Crippen LogP contribution in [0.1, 0.15) is 43.9 Å². The third-order valence-corrected chi connectivity index (χ3v) is 5.57. The topological polar surface area (TPSA) is 58.6 Å². The molecular weight excluding hydrogens is 447 g/mol.